The number of fused-ring (bicyclic) bond motifs is 1. The second-order valence-corrected chi connectivity index (χ2v) is 10.9. The summed E-state index contributed by atoms with van der Waals surface area (Å²) in [5.74, 6) is 2.01. The number of amides is 1. The number of allylic oxidation sites excluding steroid dienone is 2. The van der Waals surface area contributed by atoms with Gasteiger partial charge in [0.05, 0.1) is 25.2 Å². The van der Waals surface area contributed by atoms with Crippen molar-refractivity contribution in [3.8, 4) is 11.5 Å². The molecular formula is C26H32N2O6S. The van der Waals surface area contributed by atoms with Crippen LogP contribution >= 0.6 is 0 Å². The lowest BCUT2D eigenvalue weighted by Crippen LogP contribution is -2.29. The van der Waals surface area contributed by atoms with Crippen LogP contribution in [0.15, 0.2) is 48.6 Å². The van der Waals surface area contributed by atoms with Crippen LogP contribution in [0.3, 0.4) is 0 Å². The molecule has 0 radical (unpaired) electrons. The van der Waals surface area contributed by atoms with E-state index in [-0.39, 0.29) is 18.4 Å². The van der Waals surface area contributed by atoms with Crippen LogP contribution in [0, 0.1) is 5.92 Å². The van der Waals surface area contributed by atoms with Crippen molar-refractivity contribution < 1.29 is 27.4 Å². The number of carbonyl (C=O) groups excluding carboxylic acids is 1. The van der Waals surface area contributed by atoms with Crippen LogP contribution in [0.4, 0.5) is 10.5 Å². The first-order valence-corrected chi connectivity index (χ1v) is 13.5. The fourth-order valence-corrected chi connectivity index (χ4v) is 5.12. The highest BCUT2D eigenvalue weighted by atomic mass is 32.2. The van der Waals surface area contributed by atoms with Gasteiger partial charge in [-0.2, -0.15) is 0 Å². The molecule has 0 saturated heterocycles. The number of nitrogens with one attached hydrogen (secondary N) is 2. The Kier molecular flexibility index (Phi) is 7.97. The molecule has 1 fully saturated rings. The number of ether oxygens (including phenoxy) is 3. The van der Waals surface area contributed by atoms with Crippen LogP contribution < -0.4 is 19.5 Å². The number of rotatable bonds is 12. The Balaban J connectivity index is 1.26. The predicted molar refractivity (Wildman–Crippen MR) is 134 cm³/mol. The Morgan fingerprint density at radius 1 is 1.23 bits per heavy atom. The van der Waals surface area contributed by atoms with E-state index in [4.69, 9.17) is 14.2 Å². The van der Waals surface area contributed by atoms with Crippen LogP contribution in [-0.4, -0.2) is 34.0 Å². The third-order valence-electron chi connectivity index (χ3n) is 6.02. The predicted octanol–water partition coefficient (Wildman–Crippen LogP) is 4.72. The van der Waals surface area contributed by atoms with Crippen LogP contribution in [0.25, 0.3) is 0 Å². The van der Waals surface area contributed by atoms with Crippen molar-refractivity contribution in [2.75, 3.05) is 24.8 Å². The van der Waals surface area contributed by atoms with E-state index in [1.54, 1.807) is 7.11 Å². The average molecular weight is 501 g/mol. The van der Waals surface area contributed by atoms with Crippen molar-refractivity contribution in [3.05, 3.63) is 65.2 Å². The van der Waals surface area contributed by atoms with Gasteiger partial charge in [0.1, 0.15) is 18.1 Å². The molecule has 1 atom stereocenters. The second-order valence-electron chi connectivity index (χ2n) is 8.98. The van der Waals surface area contributed by atoms with Gasteiger partial charge in [0.25, 0.3) is 0 Å². The van der Waals surface area contributed by atoms with Crippen LogP contribution in [-0.2, 0) is 27.8 Å². The molecule has 9 heteroatoms. The van der Waals surface area contributed by atoms with Crippen molar-refractivity contribution in [2.24, 2.45) is 5.92 Å². The maximum atomic E-state index is 12.6. The summed E-state index contributed by atoms with van der Waals surface area (Å²) >= 11 is 0. The molecule has 2 aromatic rings. The van der Waals surface area contributed by atoms with Gasteiger partial charge in [0, 0.05) is 11.6 Å². The molecule has 1 saturated carbocycles. The maximum Gasteiger partial charge on any atom is 0.412 e. The molecule has 1 unspecified atom stereocenters. The zero-order valence-corrected chi connectivity index (χ0v) is 20.9. The fraction of sp³-hybridized carbons (Fsp3) is 0.423. The standard InChI is InChI=1S/C26H32N2O6S/c1-18(21-8-6-9-23(15-21)33-16-19-10-11-19)28-35(30,31)12-5-3-4-7-20-13-22-17-34-26(29)27-25(22)24(14-20)32-2/h3-4,6,8-9,13-15,18-19,28H,5,7,10-12,16-17H2,1-2H3,(H,27,29). The Bertz CT molecular complexity index is 1170. The summed E-state index contributed by atoms with van der Waals surface area (Å²) in [6.45, 7) is 2.74. The smallest absolute Gasteiger partial charge is 0.412 e. The molecular weight excluding hydrogens is 468 g/mol. The first-order chi connectivity index (χ1) is 16.8. The molecule has 2 aromatic carbocycles. The zero-order valence-electron chi connectivity index (χ0n) is 20.1. The number of hydrogen-bond acceptors (Lipinski definition) is 6. The number of cyclic esters (lactones) is 1. The van der Waals surface area contributed by atoms with Crippen molar-refractivity contribution in [3.63, 3.8) is 0 Å². The molecule has 0 spiro atoms. The molecule has 0 bridgehead atoms. The van der Waals surface area contributed by atoms with Gasteiger partial charge in [-0.1, -0.05) is 24.3 Å². The summed E-state index contributed by atoms with van der Waals surface area (Å²) in [6, 6.07) is 11.1. The van der Waals surface area contributed by atoms with E-state index < -0.39 is 16.1 Å². The van der Waals surface area contributed by atoms with Gasteiger partial charge < -0.3 is 14.2 Å². The van der Waals surface area contributed by atoms with Crippen molar-refractivity contribution in [1.29, 1.82) is 0 Å². The molecule has 2 N–H and O–H groups in total. The van der Waals surface area contributed by atoms with E-state index >= 15 is 0 Å². The Morgan fingerprint density at radius 2 is 2.06 bits per heavy atom. The average Bonchev–Trinajstić information content (AvgIpc) is 3.66. The number of hydrogen-bond donors (Lipinski definition) is 2. The largest absolute Gasteiger partial charge is 0.495 e. The zero-order chi connectivity index (χ0) is 24.8. The Hall–Kier alpha value is -3.04. The van der Waals surface area contributed by atoms with E-state index in [1.165, 1.54) is 12.8 Å². The summed E-state index contributed by atoms with van der Waals surface area (Å²) in [4.78, 5) is 11.5. The Morgan fingerprint density at radius 3 is 2.83 bits per heavy atom. The van der Waals surface area contributed by atoms with Gasteiger partial charge in [-0.05, 0) is 73.9 Å². The minimum atomic E-state index is -3.45. The van der Waals surface area contributed by atoms with Crippen molar-refractivity contribution in [1.82, 2.24) is 4.72 Å². The second kappa shape index (κ2) is 11.1. The summed E-state index contributed by atoms with van der Waals surface area (Å²) in [5.41, 5.74) is 3.33. The van der Waals surface area contributed by atoms with Crippen molar-refractivity contribution >= 4 is 21.8 Å². The molecule has 1 aliphatic heterocycles. The highest BCUT2D eigenvalue weighted by molar-refractivity contribution is 7.89. The van der Waals surface area contributed by atoms with Crippen LogP contribution in [0.5, 0.6) is 11.5 Å². The minimum Gasteiger partial charge on any atom is -0.495 e. The Labute approximate surface area is 206 Å². The first kappa shape index (κ1) is 25.1. The lowest BCUT2D eigenvalue weighted by atomic mass is 10.0. The van der Waals surface area contributed by atoms with Gasteiger partial charge in [-0.25, -0.2) is 17.9 Å². The SMILES string of the molecule is COc1cc(CC=CCCS(=O)(=O)NC(C)c2cccc(OCC3CC3)c2)cc2c1NC(=O)OC2. The summed E-state index contributed by atoms with van der Waals surface area (Å²) in [7, 11) is -1.90. The highest BCUT2D eigenvalue weighted by Crippen LogP contribution is 2.34. The minimum absolute atomic E-state index is 0.000902. The third-order valence-corrected chi connectivity index (χ3v) is 7.51. The first-order valence-electron chi connectivity index (χ1n) is 11.8. The van der Waals surface area contributed by atoms with Gasteiger partial charge in [0.15, 0.2) is 0 Å². The van der Waals surface area contributed by atoms with Gasteiger partial charge in [-0.15, -0.1) is 0 Å². The van der Waals surface area contributed by atoms with E-state index in [2.05, 4.69) is 10.0 Å². The van der Waals surface area contributed by atoms with Gasteiger partial charge in [0.2, 0.25) is 10.0 Å². The fourth-order valence-electron chi connectivity index (χ4n) is 3.88. The molecule has 188 valence electrons. The topological polar surface area (TPSA) is 103 Å². The number of anilines is 1. The molecule has 1 heterocycles. The van der Waals surface area contributed by atoms with E-state index in [0.717, 1.165) is 29.0 Å². The molecule has 2 aliphatic rings. The maximum absolute atomic E-state index is 12.6. The van der Waals surface area contributed by atoms with Crippen LogP contribution in [0.2, 0.25) is 0 Å². The molecule has 1 aliphatic carbocycles. The van der Waals surface area contributed by atoms with Gasteiger partial charge in [-0.3, -0.25) is 5.32 Å². The molecule has 35 heavy (non-hydrogen) atoms. The van der Waals surface area contributed by atoms with E-state index in [9.17, 15) is 13.2 Å². The number of carbonyl (C=O) groups is 1. The van der Waals surface area contributed by atoms with Crippen molar-refractivity contribution in [2.45, 2.75) is 45.3 Å². The normalized spacial score (nSPS) is 16.3. The van der Waals surface area contributed by atoms with Crippen LogP contribution in [0.1, 0.15) is 48.9 Å². The molecule has 0 aromatic heterocycles. The molecule has 4 rings (SSSR count). The lowest BCUT2D eigenvalue weighted by molar-refractivity contribution is 0.151. The molecule has 1 amide bonds. The number of methoxy groups -OCH3 is 1. The molecule has 8 nitrogen and oxygen atoms in total. The van der Waals surface area contributed by atoms with E-state index in [0.29, 0.717) is 30.2 Å². The van der Waals surface area contributed by atoms with Gasteiger partial charge >= 0.3 is 6.09 Å². The van der Waals surface area contributed by atoms with E-state index in [1.807, 2.05) is 55.5 Å². The third kappa shape index (κ3) is 7.22. The quantitative estimate of drug-likeness (QED) is 0.409. The summed E-state index contributed by atoms with van der Waals surface area (Å²) in [6.07, 6.45) is 6.75. The summed E-state index contributed by atoms with van der Waals surface area (Å²) < 4.78 is 44.2. The monoisotopic (exact) mass is 500 g/mol. The highest BCUT2D eigenvalue weighted by Gasteiger charge is 2.22. The lowest BCUT2D eigenvalue weighted by Gasteiger charge is -2.20. The number of sulfonamides is 1. The summed E-state index contributed by atoms with van der Waals surface area (Å²) in [5, 5.41) is 2.66. The number of benzene rings is 2.